The number of hydrogen-bond acceptors (Lipinski definition) is 6. The van der Waals surface area contributed by atoms with Crippen molar-refractivity contribution in [2.75, 3.05) is 31.1 Å². The predicted octanol–water partition coefficient (Wildman–Crippen LogP) is 2.84. The molecular weight excluding hydrogens is 372 g/mol. The summed E-state index contributed by atoms with van der Waals surface area (Å²) in [5, 5.41) is 8.64. The van der Waals surface area contributed by atoms with E-state index in [-0.39, 0.29) is 5.91 Å². The summed E-state index contributed by atoms with van der Waals surface area (Å²) in [5.74, 6) is 0.0688. The van der Waals surface area contributed by atoms with Gasteiger partial charge in [-0.25, -0.2) is 4.98 Å². The molecule has 0 saturated carbocycles. The molecule has 2 aromatic heterocycles. The van der Waals surface area contributed by atoms with Gasteiger partial charge >= 0.3 is 0 Å². The predicted molar refractivity (Wildman–Crippen MR) is 109 cm³/mol. The van der Waals surface area contributed by atoms with E-state index in [0.29, 0.717) is 18.7 Å². The first-order valence-corrected chi connectivity index (χ1v) is 9.94. The topological polar surface area (TPSA) is 67.2 Å². The molecule has 4 aromatic rings. The molecule has 0 aliphatic carbocycles. The number of benzene rings is 2. The zero-order valence-electron chi connectivity index (χ0n) is 15.1. The van der Waals surface area contributed by atoms with Gasteiger partial charge in [-0.1, -0.05) is 23.5 Å². The van der Waals surface area contributed by atoms with Crippen molar-refractivity contribution in [2.45, 2.75) is 0 Å². The van der Waals surface area contributed by atoms with E-state index in [0.717, 1.165) is 29.4 Å². The number of rotatable bonds is 3. The van der Waals surface area contributed by atoms with E-state index in [1.807, 2.05) is 51.9 Å². The number of amides is 1. The number of nitrogens with zero attached hydrogens (tertiary/aromatic N) is 6. The first-order valence-electron chi connectivity index (χ1n) is 9.13. The van der Waals surface area contributed by atoms with Crippen molar-refractivity contribution in [3.05, 3.63) is 66.7 Å². The van der Waals surface area contributed by atoms with E-state index >= 15 is 0 Å². The molecule has 0 spiro atoms. The van der Waals surface area contributed by atoms with Gasteiger partial charge < -0.3 is 9.80 Å². The van der Waals surface area contributed by atoms with Crippen molar-refractivity contribution in [3.8, 4) is 5.69 Å². The number of carbonyl (C=O) groups is 1. The maximum Gasteiger partial charge on any atom is 0.253 e. The van der Waals surface area contributed by atoms with Crippen molar-refractivity contribution in [3.63, 3.8) is 0 Å². The molecule has 0 atom stereocenters. The maximum absolute atomic E-state index is 12.8. The molecule has 1 fully saturated rings. The fraction of sp³-hybridized carbons (Fsp3) is 0.200. The van der Waals surface area contributed by atoms with Crippen LogP contribution in [0, 0.1) is 0 Å². The molecule has 8 heteroatoms. The molecule has 5 rings (SSSR count). The smallest absolute Gasteiger partial charge is 0.253 e. The molecule has 1 amide bonds. The Hall–Kier alpha value is -3.26. The second-order valence-corrected chi connectivity index (χ2v) is 7.67. The highest BCUT2D eigenvalue weighted by atomic mass is 32.1. The Kier molecular flexibility index (Phi) is 4.25. The van der Waals surface area contributed by atoms with E-state index in [2.05, 4.69) is 21.2 Å². The Morgan fingerprint density at radius 1 is 0.893 bits per heavy atom. The lowest BCUT2D eigenvalue weighted by molar-refractivity contribution is 0.0747. The second kappa shape index (κ2) is 7.05. The standard InChI is InChI=1S/C20H18N6OS/c27-19(15-5-7-16(8-6-15)26-13-21-22-14-26)24-9-11-25(12-10-24)20-23-17-3-1-2-4-18(17)28-20/h1-8,13-14H,9-12H2. The normalized spacial score (nSPS) is 14.6. The Labute approximate surface area is 165 Å². The summed E-state index contributed by atoms with van der Waals surface area (Å²) < 4.78 is 3.01. The van der Waals surface area contributed by atoms with Gasteiger partial charge in [-0.05, 0) is 36.4 Å². The van der Waals surface area contributed by atoms with Crippen LogP contribution in [0.15, 0.2) is 61.2 Å². The van der Waals surface area contributed by atoms with Crippen LogP contribution >= 0.6 is 11.3 Å². The minimum Gasteiger partial charge on any atom is -0.345 e. The minimum atomic E-state index is 0.0688. The third-order valence-electron chi connectivity index (χ3n) is 4.95. The number of anilines is 1. The van der Waals surface area contributed by atoms with Gasteiger partial charge in [0, 0.05) is 37.4 Å². The van der Waals surface area contributed by atoms with Gasteiger partial charge in [0.25, 0.3) is 5.91 Å². The lowest BCUT2D eigenvalue weighted by Gasteiger charge is -2.34. The van der Waals surface area contributed by atoms with Crippen molar-refractivity contribution < 1.29 is 4.79 Å². The van der Waals surface area contributed by atoms with Crippen molar-refractivity contribution in [2.24, 2.45) is 0 Å². The summed E-state index contributed by atoms with van der Waals surface area (Å²) in [5.41, 5.74) is 2.67. The number of fused-ring (bicyclic) bond motifs is 1. The molecule has 0 radical (unpaired) electrons. The average Bonchev–Trinajstić information content (AvgIpc) is 3.43. The number of aromatic nitrogens is 4. The van der Waals surface area contributed by atoms with E-state index in [9.17, 15) is 4.79 Å². The van der Waals surface area contributed by atoms with Crippen LogP contribution in [0.4, 0.5) is 5.13 Å². The molecule has 1 aliphatic heterocycles. The fourth-order valence-electron chi connectivity index (χ4n) is 3.39. The van der Waals surface area contributed by atoms with Gasteiger partial charge in [0.2, 0.25) is 0 Å². The van der Waals surface area contributed by atoms with Gasteiger partial charge in [-0.2, -0.15) is 0 Å². The molecule has 2 aromatic carbocycles. The molecule has 0 N–H and O–H groups in total. The maximum atomic E-state index is 12.8. The molecular formula is C20H18N6OS. The van der Waals surface area contributed by atoms with Crippen LogP contribution in [0.1, 0.15) is 10.4 Å². The largest absolute Gasteiger partial charge is 0.345 e. The van der Waals surface area contributed by atoms with Crippen LogP contribution in [-0.2, 0) is 0 Å². The van der Waals surface area contributed by atoms with E-state index in [1.165, 1.54) is 4.70 Å². The molecule has 7 nitrogen and oxygen atoms in total. The second-order valence-electron chi connectivity index (χ2n) is 6.66. The summed E-state index contributed by atoms with van der Waals surface area (Å²) in [6, 6.07) is 15.7. The molecule has 3 heterocycles. The van der Waals surface area contributed by atoms with Crippen molar-refractivity contribution >= 4 is 32.6 Å². The van der Waals surface area contributed by atoms with E-state index in [1.54, 1.807) is 24.0 Å². The van der Waals surface area contributed by atoms with Crippen molar-refractivity contribution in [1.29, 1.82) is 0 Å². The molecule has 0 unspecified atom stereocenters. The van der Waals surface area contributed by atoms with Crippen LogP contribution in [0.25, 0.3) is 15.9 Å². The van der Waals surface area contributed by atoms with Gasteiger partial charge in [0.15, 0.2) is 5.13 Å². The number of carbonyl (C=O) groups excluding carboxylic acids is 1. The number of thiazole rings is 1. The molecule has 140 valence electrons. The summed E-state index contributed by atoms with van der Waals surface area (Å²) in [4.78, 5) is 21.8. The van der Waals surface area contributed by atoms with Crippen LogP contribution in [0.5, 0.6) is 0 Å². The van der Waals surface area contributed by atoms with E-state index in [4.69, 9.17) is 4.98 Å². The third-order valence-corrected chi connectivity index (χ3v) is 6.05. The molecule has 28 heavy (non-hydrogen) atoms. The number of piperazine rings is 1. The zero-order chi connectivity index (χ0) is 18.9. The first-order chi connectivity index (χ1) is 13.8. The lowest BCUT2D eigenvalue weighted by atomic mass is 10.1. The fourth-order valence-corrected chi connectivity index (χ4v) is 4.41. The Morgan fingerprint density at radius 3 is 2.32 bits per heavy atom. The zero-order valence-corrected chi connectivity index (χ0v) is 15.9. The summed E-state index contributed by atoms with van der Waals surface area (Å²) in [7, 11) is 0. The third kappa shape index (κ3) is 3.11. The number of para-hydroxylation sites is 1. The summed E-state index contributed by atoms with van der Waals surface area (Å²) >= 11 is 1.71. The Bertz CT molecular complexity index is 1060. The Balaban J connectivity index is 1.25. The number of hydrogen-bond donors (Lipinski definition) is 0. The van der Waals surface area contributed by atoms with Crippen LogP contribution in [-0.4, -0.2) is 56.7 Å². The van der Waals surface area contributed by atoms with Crippen LogP contribution < -0.4 is 4.90 Å². The van der Waals surface area contributed by atoms with Gasteiger partial charge in [-0.15, -0.1) is 10.2 Å². The van der Waals surface area contributed by atoms with Gasteiger partial charge in [-0.3, -0.25) is 9.36 Å². The van der Waals surface area contributed by atoms with Crippen LogP contribution in [0.2, 0.25) is 0 Å². The SMILES string of the molecule is O=C(c1ccc(-n2cnnc2)cc1)N1CCN(c2nc3ccccc3s2)CC1. The first kappa shape index (κ1) is 16.9. The average molecular weight is 390 g/mol. The Morgan fingerprint density at radius 2 is 1.61 bits per heavy atom. The highest BCUT2D eigenvalue weighted by Crippen LogP contribution is 2.29. The quantitative estimate of drug-likeness (QED) is 0.538. The summed E-state index contributed by atoms with van der Waals surface area (Å²) in [6.07, 6.45) is 3.27. The summed E-state index contributed by atoms with van der Waals surface area (Å²) in [6.45, 7) is 2.98. The van der Waals surface area contributed by atoms with Gasteiger partial charge in [0.05, 0.1) is 10.2 Å². The monoisotopic (exact) mass is 390 g/mol. The van der Waals surface area contributed by atoms with Crippen molar-refractivity contribution in [1.82, 2.24) is 24.6 Å². The molecule has 1 aliphatic rings. The highest BCUT2D eigenvalue weighted by molar-refractivity contribution is 7.22. The van der Waals surface area contributed by atoms with Gasteiger partial charge in [0.1, 0.15) is 12.7 Å². The minimum absolute atomic E-state index is 0.0688. The van der Waals surface area contributed by atoms with E-state index < -0.39 is 0 Å². The highest BCUT2D eigenvalue weighted by Gasteiger charge is 2.24. The lowest BCUT2D eigenvalue weighted by Crippen LogP contribution is -2.48. The molecule has 1 saturated heterocycles. The molecule has 0 bridgehead atoms. The van der Waals surface area contributed by atoms with Crippen LogP contribution in [0.3, 0.4) is 0 Å².